The zero-order valence-electron chi connectivity index (χ0n) is 13.2. The van der Waals surface area contributed by atoms with Gasteiger partial charge in [-0.05, 0) is 60.6 Å². The molecule has 0 aromatic heterocycles. The maximum absolute atomic E-state index is 6.10. The van der Waals surface area contributed by atoms with Gasteiger partial charge in [-0.1, -0.05) is 6.07 Å². The summed E-state index contributed by atoms with van der Waals surface area (Å²) in [6.45, 7) is 6.27. The van der Waals surface area contributed by atoms with Gasteiger partial charge in [0.2, 0.25) is 0 Å². The number of hydrogen-bond acceptors (Lipinski definition) is 4. The molecule has 0 aliphatic carbocycles. The molecular formula is C16H26BrN3O. The molecular weight excluding hydrogens is 330 g/mol. The number of ether oxygens (including phenoxy) is 1. The van der Waals surface area contributed by atoms with Crippen LogP contribution in [0.3, 0.4) is 0 Å². The van der Waals surface area contributed by atoms with Gasteiger partial charge >= 0.3 is 0 Å². The van der Waals surface area contributed by atoms with Crippen LogP contribution in [-0.2, 0) is 0 Å². The number of methoxy groups -OCH3 is 1. The molecule has 5 heteroatoms. The van der Waals surface area contributed by atoms with Gasteiger partial charge in [0, 0.05) is 31.7 Å². The number of likely N-dealkylation sites (N-methyl/N-ethyl adjacent to an activating group) is 1. The Kier molecular flexibility index (Phi) is 6.05. The molecule has 2 unspecified atom stereocenters. The van der Waals surface area contributed by atoms with Gasteiger partial charge in [-0.25, -0.2) is 0 Å². The van der Waals surface area contributed by atoms with Crippen LogP contribution >= 0.6 is 15.9 Å². The Bertz CT molecular complexity index is 469. The molecule has 0 saturated carbocycles. The van der Waals surface area contributed by atoms with Gasteiger partial charge in [-0.15, -0.1) is 0 Å². The molecule has 2 rings (SSSR count). The quantitative estimate of drug-likeness (QED) is 0.900. The van der Waals surface area contributed by atoms with E-state index in [4.69, 9.17) is 10.5 Å². The number of rotatable bonds is 4. The molecule has 4 nitrogen and oxygen atoms in total. The smallest absolute Gasteiger partial charge is 0.133 e. The highest BCUT2D eigenvalue weighted by Gasteiger charge is 2.27. The summed E-state index contributed by atoms with van der Waals surface area (Å²) in [7, 11) is 3.88. The molecule has 1 aliphatic rings. The van der Waals surface area contributed by atoms with Crippen molar-refractivity contribution in [1.82, 2.24) is 9.80 Å². The van der Waals surface area contributed by atoms with E-state index >= 15 is 0 Å². The Hall–Kier alpha value is -0.620. The van der Waals surface area contributed by atoms with Crippen molar-refractivity contribution in [2.24, 2.45) is 5.73 Å². The van der Waals surface area contributed by atoms with Crippen molar-refractivity contribution in [3.63, 3.8) is 0 Å². The van der Waals surface area contributed by atoms with E-state index < -0.39 is 0 Å². The summed E-state index contributed by atoms with van der Waals surface area (Å²) < 4.78 is 6.30. The summed E-state index contributed by atoms with van der Waals surface area (Å²) in [6, 6.07) is 7.04. The van der Waals surface area contributed by atoms with Crippen LogP contribution in [0.1, 0.15) is 24.9 Å². The zero-order chi connectivity index (χ0) is 15.4. The molecule has 1 aromatic carbocycles. The standard InChI is InChI=1S/C16H26BrN3O/c1-12-11-19(2)7-4-8-20(12)15(10-18)13-5-6-16(21-3)14(17)9-13/h5-6,9,12,15H,4,7-8,10-11,18H2,1-3H3. The lowest BCUT2D eigenvalue weighted by Gasteiger charge is -2.35. The van der Waals surface area contributed by atoms with Crippen LogP contribution in [0, 0.1) is 0 Å². The lowest BCUT2D eigenvalue weighted by molar-refractivity contribution is 0.146. The monoisotopic (exact) mass is 355 g/mol. The number of benzene rings is 1. The van der Waals surface area contributed by atoms with E-state index in [9.17, 15) is 0 Å². The second-order valence-electron chi connectivity index (χ2n) is 5.85. The molecule has 0 spiro atoms. The van der Waals surface area contributed by atoms with Crippen LogP contribution in [0.25, 0.3) is 0 Å². The van der Waals surface area contributed by atoms with Crippen LogP contribution in [0.5, 0.6) is 5.75 Å². The van der Waals surface area contributed by atoms with Gasteiger partial charge in [0.1, 0.15) is 5.75 Å². The van der Waals surface area contributed by atoms with Gasteiger partial charge in [-0.2, -0.15) is 0 Å². The highest BCUT2D eigenvalue weighted by Crippen LogP contribution is 2.31. The third-order valence-electron chi connectivity index (χ3n) is 4.28. The van der Waals surface area contributed by atoms with Crippen molar-refractivity contribution in [3.8, 4) is 5.75 Å². The topological polar surface area (TPSA) is 41.7 Å². The molecule has 118 valence electrons. The summed E-state index contributed by atoms with van der Waals surface area (Å²) in [5.41, 5.74) is 7.35. The van der Waals surface area contributed by atoms with E-state index in [2.05, 4.69) is 51.8 Å². The van der Waals surface area contributed by atoms with Gasteiger partial charge < -0.3 is 15.4 Å². The predicted octanol–water partition coefficient (Wildman–Crippen LogP) is 2.48. The van der Waals surface area contributed by atoms with Crippen molar-refractivity contribution >= 4 is 15.9 Å². The largest absolute Gasteiger partial charge is 0.496 e. The normalized spacial score (nSPS) is 22.8. The fourth-order valence-electron chi connectivity index (χ4n) is 3.21. The SMILES string of the molecule is COc1ccc(C(CN)N2CCCN(C)CC2C)cc1Br. The summed E-state index contributed by atoms with van der Waals surface area (Å²) in [6.07, 6.45) is 1.19. The van der Waals surface area contributed by atoms with Crippen LogP contribution in [0.15, 0.2) is 22.7 Å². The van der Waals surface area contributed by atoms with Crippen LogP contribution in [-0.4, -0.2) is 56.2 Å². The number of nitrogens with zero attached hydrogens (tertiary/aromatic N) is 2. The van der Waals surface area contributed by atoms with Gasteiger partial charge in [-0.3, -0.25) is 4.90 Å². The van der Waals surface area contributed by atoms with Gasteiger partial charge in [0.25, 0.3) is 0 Å². The second-order valence-corrected chi connectivity index (χ2v) is 6.70. The van der Waals surface area contributed by atoms with E-state index in [0.717, 1.165) is 29.9 Å². The van der Waals surface area contributed by atoms with Crippen molar-refractivity contribution in [1.29, 1.82) is 0 Å². The molecule has 0 amide bonds. The second kappa shape index (κ2) is 7.58. The zero-order valence-corrected chi connectivity index (χ0v) is 14.8. The number of halogens is 1. The average Bonchev–Trinajstić information content (AvgIpc) is 2.61. The molecule has 1 heterocycles. The fraction of sp³-hybridized carbons (Fsp3) is 0.625. The molecule has 21 heavy (non-hydrogen) atoms. The Morgan fingerprint density at radius 3 is 2.81 bits per heavy atom. The van der Waals surface area contributed by atoms with Crippen molar-refractivity contribution in [2.45, 2.75) is 25.4 Å². The Labute approximate surface area is 136 Å². The van der Waals surface area contributed by atoms with E-state index in [1.807, 2.05) is 6.07 Å². The third-order valence-corrected chi connectivity index (χ3v) is 4.90. The maximum Gasteiger partial charge on any atom is 0.133 e. The minimum absolute atomic E-state index is 0.258. The van der Waals surface area contributed by atoms with Crippen LogP contribution in [0.2, 0.25) is 0 Å². The average molecular weight is 356 g/mol. The fourth-order valence-corrected chi connectivity index (χ4v) is 3.77. The van der Waals surface area contributed by atoms with Crippen molar-refractivity contribution < 1.29 is 4.74 Å². The summed E-state index contributed by atoms with van der Waals surface area (Å²) in [5.74, 6) is 0.859. The van der Waals surface area contributed by atoms with E-state index in [-0.39, 0.29) is 6.04 Å². The first-order valence-corrected chi connectivity index (χ1v) is 8.34. The predicted molar refractivity (Wildman–Crippen MR) is 90.8 cm³/mol. The first-order valence-electron chi connectivity index (χ1n) is 7.54. The van der Waals surface area contributed by atoms with E-state index in [1.54, 1.807) is 7.11 Å². The van der Waals surface area contributed by atoms with E-state index in [1.165, 1.54) is 12.0 Å². The van der Waals surface area contributed by atoms with Gasteiger partial charge in [0.05, 0.1) is 11.6 Å². The molecule has 1 aromatic rings. The Morgan fingerprint density at radius 2 is 2.19 bits per heavy atom. The first kappa shape index (κ1) is 16.7. The molecule has 2 atom stereocenters. The highest BCUT2D eigenvalue weighted by molar-refractivity contribution is 9.10. The van der Waals surface area contributed by atoms with Crippen LogP contribution < -0.4 is 10.5 Å². The molecule has 1 fully saturated rings. The van der Waals surface area contributed by atoms with Gasteiger partial charge in [0.15, 0.2) is 0 Å². The molecule has 1 saturated heterocycles. The number of hydrogen-bond donors (Lipinski definition) is 1. The van der Waals surface area contributed by atoms with Crippen molar-refractivity contribution in [3.05, 3.63) is 28.2 Å². The third kappa shape index (κ3) is 3.97. The molecule has 2 N–H and O–H groups in total. The minimum atomic E-state index is 0.258. The number of nitrogens with two attached hydrogens (primary N) is 1. The molecule has 0 radical (unpaired) electrons. The summed E-state index contributed by atoms with van der Waals surface area (Å²) >= 11 is 3.58. The lowest BCUT2D eigenvalue weighted by atomic mass is 10.0. The highest BCUT2D eigenvalue weighted by atomic mass is 79.9. The molecule has 0 bridgehead atoms. The minimum Gasteiger partial charge on any atom is -0.496 e. The first-order chi connectivity index (χ1) is 10.1. The summed E-state index contributed by atoms with van der Waals surface area (Å²) in [5, 5.41) is 0. The lowest BCUT2D eigenvalue weighted by Crippen LogP contribution is -2.42. The summed E-state index contributed by atoms with van der Waals surface area (Å²) in [4.78, 5) is 4.94. The Balaban J connectivity index is 2.23. The van der Waals surface area contributed by atoms with Crippen molar-refractivity contribution in [2.75, 3.05) is 40.3 Å². The maximum atomic E-state index is 6.10. The van der Waals surface area contributed by atoms with Crippen LogP contribution in [0.4, 0.5) is 0 Å². The Morgan fingerprint density at radius 1 is 1.43 bits per heavy atom. The molecule has 1 aliphatic heterocycles. The van der Waals surface area contributed by atoms with E-state index in [0.29, 0.717) is 12.6 Å².